The lowest BCUT2D eigenvalue weighted by atomic mass is 10.1. The van der Waals surface area contributed by atoms with Crippen LogP contribution >= 0.6 is 11.3 Å². The Morgan fingerprint density at radius 3 is 2.47 bits per heavy atom. The van der Waals surface area contributed by atoms with Crippen LogP contribution in [0.4, 0.5) is 0 Å². The third kappa shape index (κ3) is 4.60. The molecular formula is C27H23N5OS. The molecule has 0 aliphatic heterocycles. The Morgan fingerprint density at radius 1 is 1.03 bits per heavy atom. The fourth-order valence-electron chi connectivity index (χ4n) is 3.78. The highest BCUT2D eigenvalue weighted by atomic mass is 32.1. The monoisotopic (exact) mass is 465 g/mol. The molecule has 0 radical (unpaired) electrons. The predicted octanol–water partition coefficient (Wildman–Crippen LogP) is 5.25. The SMILES string of the molecule is Cn1ccnc1C(NC(=O)/C=C/c1cn(-c2ccccc2)nc1-c1cccs1)c1ccccc1. The average Bonchev–Trinajstić information content (AvgIpc) is 3.63. The van der Waals surface area contributed by atoms with Crippen molar-refractivity contribution in [2.45, 2.75) is 6.04 Å². The zero-order valence-corrected chi connectivity index (χ0v) is 19.4. The van der Waals surface area contributed by atoms with Gasteiger partial charge in [0.2, 0.25) is 5.91 Å². The number of thiophene rings is 1. The highest BCUT2D eigenvalue weighted by Gasteiger charge is 2.20. The highest BCUT2D eigenvalue weighted by molar-refractivity contribution is 7.13. The zero-order valence-electron chi connectivity index (χ0n) is 18.6. The van der Waals surface area contributed by atoms with Gasteiger partial charge in [0.05, 0.1) is 10.6 Å². The van der Waals surface area contributed by atoms with Crippen molar-refractivity contribution in [2.24, 2.45) is 7.05 Å². The molecule has 5 aromatic rings. The number of hydrogen-bond acceptors (Lipinski definition) is 4. The normalized spacial score (nSPS) is 12.1. The van der Waals surface area contributed by atoms with Crippen molar-refractivity contribution in [3.8, 4) is 16.3 Å². The van der Waals surface area contributed by atoms with Gasteiger partial charge < -0.3 is 9.88 Å². The van der Waals surface area contributed by atoms with Gasteiger partial charge in [0.15, 0.2) is 0 Å². The van der Waals surface area contributed by atoms with Crippen molar-refractivity contribution < 1.29 is 4.79 Å². The predicted molar refractivity (Wildman–Crippen MR) is 136 cm³/mol. The largest absolute Gasteiger partial charge is 0.339 e. The van der Waals surface area contributed by atoms with Crippen LogP contribution in [-0.2, 0) is 11.8 Å². The maximum absolute atomic E-state index is 13.0. The molecule has 6 nitrogen and oxygen atoms in total. The van der Waals surface area contributed by atoms with Crippen molar-refractivity contribution in [1.82, 2.24) is 24.6 Å². The first-order valence-electron chi connectivity index (χ1n) is 10.9. The zero-order chi connectivity index (χ0) is 23.3. The fourth-order valence-corrected chi connectivity index (χ4v) is 4.51. The van der Waals surface area contributed by atoms with Crippen LogP contribution in [0.15, 0.2) is 103 Å². The summed E-state index contributed by atoms with van der Waals surface area (Å²) in [6, 6.07) is 23.5. The van der Waals surface area contributed by atoms with Gasteiger partial charge in [-0.3, -0.25) is 4.79 Å². The highest BCUT2D eigenvalue weighted by Crippen LogP contribution is 2.28. The van der Waals surface area contributed by atoms with Gasteiger partial charge in [0.25, 0.3) is 0 Å². The van der Waals surface area contributed by atoms with Crippen LogP contribution in [0.25, 0.3) is 22.3 Å². The number of carbonyl (C=O) groups excluding carboxylic acids is 1. The molecule has 5 rings (SSSR count). The van der Waals surface area contributed by atoms with E-state index in [9.17, 15) is 4.79 Å². The van der Waals surface area contributed by atoms with Gasteiger partial charge >= 0.3 is 0 Å². The Bertz CT molecular complexity index is 1400. The Hall–Kier alpha value is -4.23. The molecule has 1 amide bonds. The number of nitrogens with zero attached hydrogens (tertiary/aromatic N) is 4. The van der Waals surface area contributed by atoms with Gasteiger partial charge in [-0.05, 0) is 35.2 Å². The van der Waals surface area contributed by atoms with Crippen molar-refractivity contribution >= 4 is 23.3 Å². The van der Waals surface area contributed by atoms with Gasteiger partial charge in [-0.1, -0.05) is 54.6 Å². The summed E-state index contributed by atoms with van der Waals surface area (Å²) < 4.78 is 3.76. The van der Waals surface area contributed by atoms with Crippen molar-refractivity contribution in [1.29, 1.82) is 0 Å². The molecule has 0 bridgehead atoms. The minimum atomic E-state index is -0.359. The van der Waals surface area contributed by atoms with E-state index in [0.717, 1.165) is 33.2 Å². The molecule has 1 N–H and O–H groups in total. The Kier molecular flexibility index (Phi) is 6.18. The lowest BCUT2D eigenvalue weighted by Crippen LogP contribution is -2.29. The van der Waals surface area contributed by atoms with Crippen LogP contribution in [-0.4, -0.2) is 25.2 Å². The first kappa shape index (κ1) is 21.6. The molecule has 1 unspecified atom stereocenters. The molecule has 7 heteroatoms. The number of rotatable bonds is 7. The van der Waals surface area contributed by atoms with E-state index in [2.05, 4.69) is 10.3 Å². The maximum atomic E-state index is 13.0. The second-order valence-corrected chi connectivity index (χ2v) is 8.72. The molecule has 0 spiro atoms. The van der Waals surface area contributed by atoms with E-state index in [1.54, 1.807) is 23.6 Å². The van der Waals surface area contributed by atoms with E-state index < -0.39 is 0 Å². The van der Waals surface area contributed by atoms with E-state index in [4.69, 9.17) is 5.10 Å². The van der Waals surface area contributed by atoms with Gasteiger partial charge in [-0.15, -0.1) is 11.3 Å². The van der Waals surface area contributed by atoms with Crippen molar-refractivity contribution in [2.75, 3.05) is 0 Å². The van der Waals surface area contributed by atoms with Gasteiger partial charge in [-0.25, -0.2) is 9.67 Å². The average molecular weight is 466 g/mol. The Labute approximate surface area is 201 Å². The van der Waals surface area contributed by atoms with Crippen LogP contribution in [0.1, 0.15) is 23.0 Å². The van der Waals surface area contributed by atoms with Crippen molar-refractivity contribution in [3.63, 3.8) is 0 Å². The minimum absolute atomic E-state index is 0.207. The number of imidazole rings is 1. The van der Waals surface area contributed by atoms with Crippen LogP contribution in [0.3, 0.4) is 0 Å². The molecule has 1 atom stereocenters. The smallest absolute Gasteiger partial charge is 0.244 e. The third-order valence-corrected chi connectivity index (χ3v) is 6.34. The summed E-state index contributed by atoms with van der Waals surface area (Å²) in [4.78, 5) is 18.5. The van der Waals surface area contributed by atoms with Gasteiger partial charge in [-0.2, -0.15) is 5.10 Å². The van der Waals surface area contributed by atoms with Crippen LogP contribution < -0.4 is 5.32 Å². The summed E-state index contributed by atoms with van der Waals surface area (Å²) in [5, 5.41) is 9.92. The minimum Gasteiger partial charge on any atom is -0.339 e. The molecule has 0 saturated carbocycles. The van der Waals surface area contributed by atoms with Crippen molar-refractivity contribution in [3.05, 3.63) is 120 Å². The number of nitrogens with one attached hydrogen (secondary N) is 1. The van der Waals surface area contributed by atoms with E-state index >= 15 is 0 Å². The summed E-state index contributed by atoms with van der Waals surface area (Å²) in [6.45, 7) is 0. The fraction of sp³-hybridized carbons (Fsp3) is 0.0741. The summed E-state index contributed by atoms with van der Waals surface area (Å²) in [5.41, 5.74) is 3.64. The molecule has 34 heavy (non-hydrogen) atoms. The van der Waals surface area contributed by atoms with Crippen LogP contribution in [0, 0.1) is 0 Å². The van der Waals surface area contributed by atoms with Gasteiger partial charge in [0, 0.05) is 37.3 Å². The molecule has 0 saturated heterocycles. The topological polar surface area (TPSA) is 64.7 Å². The summed E-state index contributed by atoms with van der Waals surface area (Å²) in [6.07, 6.45) is 8.93. The van der Waals surface area contributed by atoms with Crippen LogP contribution in [0.2, 0.25) is 0 Å². The number of carbonyl (C=O) groups is 1. The number of aryl methyl sites for hydroxylation is 1. The first-order valence-corrected chi connectivity index (χ1v) is 11.8. The number of para-hydroxylation sites is 1. The van der Waals surface area contributed by atoms with Gasteiger partial charge in [0.1, 0.15) is 17.6 Å². The molecule has 168 valence electrons. The summed E-state index contributed by atoms with van der Waals surface area (Å²) in [5.74, 6) is 0.561. The maximum Gasteiger partial charge on any atom is 0.244 e. The number of hydrogen-bond donors (Lipinski definition) is 1. The van der Waals surface area contributed by atoms with E-state index in [-0.39, 0.29) is 11.9 Å². The second kappa shape index (κ2) is 9.72. The van der Waals surface area contributed by atoms with E-state index in [1.807, 2.05) is 113 Å². The molecule has 0 fully saturated rings. The number of amides is 1. The third-order valence-electron chi connectivity index (χ3n) is 5.47. The molecule has 2 aromatic carbocycles. The van der Waals surface area contributed by atoms with E-state index in [0.29, 0.717) is 0 Å². The Morgan fingerprint density at radius 2 is 1.79 bits per heavy atom. The summed E-state index contributed by atoms with van der Waals surface area (Å²) >= 11 is 1.62. The Balaban J connectivity index is 1.44. The standard InChI is InChI=1S/C27H23N5OS/c1-31-17-16-28-27(31)26(20-9-4-2-5-10-20)29-24(33)15-14-21-19-32(22-11-6-3-7-12-22)30-25(21)23-13-8-18-34-23/h2-19,26H,1H3,(H,29,33)/b15-14+. The van der Waals surface area contributed by atoms with Crippen LogP contribution in [0.5, 0.6) is 0 Å². The first-order chi connectivity index (χ1) is 16.7. The summed E-state index contributed by atoms with van der Waals surface area (Å²) in [7, 11) is 1.92. The second-order valence-electron chi connectivity index (χ2n) is 7.77. The number of benzene rings is 2. The molecule has 3 heterocycles. The molecule has 0 aliphatic carbocycles. The molecule has 3 aromatic heterocycles. The lowest BCUT2D eigenvalue weighted by molar-refractivity contribution is -0.117. The molecular weight excluding hydrogens is 442 g/mol. The van der Waals surface area contributed by atoms with E-state index in [1.165, 1.54) is 0 Å². The lowest BCUT2D eigenvalue weighted by Gasteiger charge is -2.18. The number of aromatic nitrogens is 4. The molecule has 0 aliphatic rings. The quantitative estimate of drug-likeness (QED) is 0.334.